The van der Waals surface area contributed by atoms with Gasteiger partial charge in [0.25, 0.3) is 0 Å². The van der Waals surface area contributed by atoms with Gasteiger partial charge in [-0.25, -0.2) is 0 Å². The third-order valence-electron chi connectivity index (χ3n) is 3.13. The number of esters is 1. The van der Waals surface area contributed by atoms with Crippen molar-refractivity contribution >= 4 is 5.97 Å². The van der Waals surface area contributed by atoms with Gasteiger partial charge in [-0.2, -0.15) is 0 Å². The Labute approximate surface area is 121 Å². The summed E-state index contributed by atoms with van der Waals surface area (Å²) in [6.45, 7) is 9.39. The molecular formula is C16H26O4. The van der Waals surface area contributed by atoms with Crippen molar-refractivity contribution in [2.45, 2.75) is 52.7 Å². The van der Waals surface area contributed by atoms with Crippen LogP contribution in [0.4, 0.5) is 0 Å². The fraction of sp³-hybridized carbons (Fsp3) is 0.688. The van der Waals surface area contributed by atoms with Crippen LogP contribution in [-0.4, -0.2) is 31.6 Å². The summed E-state index contributed by atoms with van der Waals surface area (Å²) in [5, 5.41) is 0. The summed E-state index contributed by atoms with van der Waals surface area (Å²) in [4.78, 5) is 11.7. The second kappa shape index (κ2) is 8.22. The summed E-state index contributed by atoms with van der Waals surface area (Å²) in [6.07, 6.45) is 6.32. The van der Waals surface area contributed by atoms with Gasteiger partial charge in [0, 0.05) is 0 Å². The van der Waals surface area contributed by atoms with Gasteiger partial charge < -0.3 is 14.2 Å². The van der Waals surface area contributed by atoms with Crippen molar-refractivity contribution < 1.29 is 19.0 Å². The van der Waals surface area contributed by atoms with Gasteiger partial charge in [0.05, 0.1) is 19.6 Å². The molecule has 1 heterocycles. The van der Waals surface area contributed by atoms with Crippen LogP contribution in [0, 0.1) is 0 Å². The van der Waals surface area contributed by atoms with E-state index in [2.05, 4.69) is 26.8 Å². The Bertz CT molecular complexity index is 372. The molecule has 0 aromatic heterocycles. The smallest absolute Gasteiger partial charge is 0.311 e. The highest BCUT2D eigenvalue weighted by Gasteiger charge is 2.34. The second-order valence-corrected chi connectivity index (χ2v) is 5.56. The van der Waals surface area contributed by atoms with E-state index in [0.717, 1.165) is 12.8 Å². The molecule has 1 aliphatic rings. The molecule has 0 spiro atoms. The minimum atomic E-state index is -0.806. The van der Waals surface area contributed by atoms with Gasteiger partial charge in [-0.1, -0.05) is 17.2 Å². The van der Waals surface area contributed by atoms with E-state index in [1.807, 2.05) is 6.08 Å². The van der Waals surface area contributed by atoms with Crippen LogP contribution >= 0.6 is 0 Å². The zero-order valence-electron chi connectivity index (χ0n) is 13.0. The average Bonchev–Trinajstić information content (AvgIpc) is 2.75. The summed E-state index contributed by atoms with van der Waals surface area (Å²) >= 11 is 0. The molecule has 0 N–H and O–H groups in total. The van der Waals surface area contributed by atoms with Gasteiger partial charge >= 0.3 is 5.97 Å². The number of allylic oxidation sites excluding steroid dienone is 3. The lowest BCUT2D eigenvalue weighted by molar-refractivity contribution is -0.173. The Morgan fingerprint density at radius 2 is 1.85 bits per heavy atom. The van der Waals surface area contributed by atoms with Crippen molar-refractivity contribution in [3.05, 3.63) is 23.3 Å². The largest absolute Gasteiger partial charge is 0.461 e. The predicted octanol–water partition coefficient (Wildman–Crippen LogP) is 3.38. The van der Waals surface area contributed by atoms with Crippen molar-refractivity contribution in [2.75, 3.05) is 19.8 Å². The zero-order chi connectivity index (χ0) is 15.0. The Hall–Kier alpha value is -1.13. The van der Waals surface area contributed by atoms with Gasteiger partial charge in [0.15, 0.2) is 5.79 Å². The maximum Gasteiger partial charge on any atom is 0.311 e. The third kappa shape index (κ3) is 6.87. The first-order valence-corrected chi connectivity index (χ1v) is 7.14. The van der Waals surface area contributed by atoms with Gasteiger partial charge in [-0.15, -0.1) is 0 Å². The van der Waals surface area contributed by atoms with Crippen molar-refractivity contribution in [1.82, 2.24) is 0 Å². The molecule has 1 fully saturated rings. The number of carbonyl (C=O) groups is 1. The molecule has 114 valence electrons. The highest BCUT2D eigenvalue weighted by molar-refractivity contribution is 5.70. The maximum atomic E-state index is 11.7. The van der Waals surface area contributed by atoms with E-state index in [1.165, 1.54) is 11.1 Å². The number of ether oxygens (including phenoxy) is 3. The highest BCUT2D eigenvalue weighted by atomic mass is 16.7. The molecule has 0 amide bonds. The monoisotopic (exact) mass is 282 g/mol. The van der Waals surface area contributed by atoms with Crippen molar-refractivity contribution in [3.8, 4) is 0 Å². The molecule has 1 rings (SSSR count). The molecule has 1 aliphatic heterocycles. The average molecular weight is 282 g/mol. The standard InChI is InChI=1S/C16H26O4/c1-13(2)6-5-7-14(3)8-9-18-15(17)12-16(4)19-10-11-20-16/h6,8H,5,7,9-12H2,1-4H3. The maximum absolute atomic E-state index is 11.7. The molecule has 0 aromatic rings. The van der Waals surface area contributed by atoms with Crippen LogP contribution in [0.2, 0.25) is 0 Å². The predicted molar refractivity (Wildman–Crippen MR) is 78.3 cm³/mol. The topological polar surface area (TPSA) is 44.8 Å². The molecule has 0 saturated carbocycles. The van der Waals surface area contributed by atoms with E-state index in [0.29, 0.717) is 19.8 Å². The van der Waals surface area contributed by atoms with Crippen molar-refractivity contribution in [3.63, 3.8) is 0 Å². The lowest BCUT2D eigenvalue weighted by atomic mass is 10.1. The first-order chi connectivity index (χ1) is 9.41. The van der Waals surface area contributed by atoms with Crippen molar-refractivity contribution in [2.24, 2.45) is 0 Å². The molecular weight excluding hydrogens is 256 g/mol. The Kier molecular flexibility index (Phi) is 6.96. The lowest BCUT2D eigenvalue weighted by Gasteiger charge is -2.20. The van der Waals surface area contributed by atoms with E-state index in [1.54, 1.807) is 6.92 Å². The number of carbonyl (C=O) groups excluding carboxylic acids is 1. The molecule has 0 bridgehead atoms. The number of hydrogen-bond donors (Lipinski definition) is 0. The SMILES string of the molecule is CC(C)=CCCC(C)=CCOC(=O)CC1(C)OCCO1. The summed E-state index contributed by atoms with van der Waals surface area (Å²) in [5.41, 5.74) is 2.56. The summed E-state index contributed by atoms with van der Waals surface area (Å²) in [6, 6.07) is 0. The fourth-order valence-corrected chi connectivity index (χ4v) is 1.94. The molecule has 0 atom stereocenters. The number of rotatable bonds is 7. The first kappa shape index (κ1) is 16.9. The Balaban J connectivity index is 2.21. The van der Waals surface area contributed by atoms with E-state index >= 15 is 0 Å². The van der Waals surface area contributed by atoms with E-state index in [9.17, 15) is 4.79 Å². The van der Waals surface area contributed by atoms with Gasteiger partial charge in [0.1, 0.15) is 6.61 Å². The molecule has 20 heavy (non-hydrogen) atoms. The number of hydrogen-bond acceptors (Lipinski definition) is 4. The van der Waals surface area contributed by atoms with Crippen LogP contribution in [0.25, 0.3) is 0 Å². The van der Waals surface area contributed by atoms with Crippen LogP contribution in [0.5, 0.6) is 0 Å². The molecule has 1 saturated heterocycles. The third-order valence-corrected chi connectivity index (χ3v) is 3.13. The minimum Gasteiger partial charge on any atom is -0.461 e. The van der Waals surface area contributed by atoms with Crippen LogP contribution in [0.3, 0.4) is 0 Å². The van der Waals surface area contributed by atoms with Gasteiger partial charge in [0.2, 0.25) is 0 Å². The molecule has 0 unspecified atom stereocenters. The Morgan fingerprint density at radius 3 is 2.45 bits per heavy atom. The van der Waals surface area contributed by atoms with E-state index in [4.69, 9.17) is 14.2 Å². The first-order valence-electron chi connectivity index (χ1n) is 7.14. The quantitative estimate of drug-likeness (QED) is 0.530. The molecule has 4 nitrogen and oxygen atoms in total. The second-order valence-electron chi connectivity index (χ2n) is 5.56. The van der Waals surface area contributed by atoms with Gasteiger partial charge in [-0.05, 0) is 46.6 Å². The van der Waals surface area contributed by atoms with Gasteiger partial charge in [-0.3, -0.25) is 4.79 Å². The fourth-order valence-electron chi connectivity index (χ4n) is 1.94. The van der Waals surface area contributed by atoms with Crippen LogP contribution in [0.1, 0.15) is 47.0 Å². The normalized spacial score (nSPS) is 17.9. The Morgan fingerprint density at radius 1 is 1.20 bits per heavy atom. The van der Waals surface area contributed by atoms with Crippen LogP contribution < -0.4 is 0 Å². The summed E-state index contributed by atoms with van der Waals surface area (Å²) < 4.78 is 15.9. The molecule has 0 radical (unpaired) electrons. The lowest BCUT2D eigenvalue weighted by Crippen LogP contribution is -2.30. The molecule has 4 heteroatoms. The zero-order valence-corrected chi connectivity index (χ0v) is 13.0. The summed E-state index contributed by atoms with van der Waals surface area (Å²) in [5.74, 6) is -1.10. The molecule has 0 aromatic carbocycles. The molecule has 0 aliphatic carbocycles. The van der Waals surface area contributed by atoms with E-state index in [-0.39, 0.29) is 12.4 Å². The minimum absolute atomic E-state index is 0.137. The van der Waals surface area contributed by atoms with Crippen molar-refractivity contribution in [1.29, 1.82) is 0 Å². The highest BCUT2D eigenvalue weighted by Crippen LogP contribution is 2.22. The van der Waals surface area contributed by atoms with Crippen LogP contribution in [0.15, 0.2) is 23.3 Å². The van der Waals surface area contributed by atoms with E-state index < -0.39 is 5.79 Å². The summed E-state index contributed by atoms with van der Waals surface area (Å²) in [7, 11) is 0. The van der Waals surface area contributed by atoms with Crippen LogP contribution in [-0.2, 0) is 19.0 Å².